The van der Waals surface area contributed by atoms with Gasteiger partial charge < -0.3 is 15.1 Å². The van der Waals surface area contributed by atoms with Gasteiger partial charge in [-0.2, -0.15) is 0 Å². The van der Waals surface area contributed by atoms with E-state index in [1.54, 1.807) is 0 Å². The van der Waals surface area contributed by atoms with Crippen LogP contribution >= 0.6 is 0 Å². The van der Waals surface area contributed by atoms with Gasteiger partial charge in [0.1, 0.15) is 5.41 Å². The highest BCUT2D eigenvalue weighted by molar-refractivity contribution is 6.07. The van der Waals surface area contributed by atoms with Crippen LogP contribution in [-0.2, 0) is 16.1 Å². The molecule has 1 aromatic carbocycles. The van der Waals surface area contributed by atoms with Crippen LogP contribution < -0.4 is 5.32 Å². The Kier molecular flexibility index (Phi) is 6.59. The average Bonchev–Trinajstić information content (AvgIpc) is 3.38. The van der Waals surface area contributed by atoms with Crippen molar-refractivity contribution in [2.24, 2.45) is 5.41 Å². The SMILES string of the molecule is CC(C)N(Cc1ccccc1)C(=O)C1(C(=O)NCCCN(C)C)CC1. The Labute approximate surface area is 151 Å². The summed E-state index contributed by atoms with van der Waals surface area (Å²) in [5, 5.41) is 2.97. The fraction of sp³-hybridized carbons (Fsp3) is 0.600. The second kappa shape index (κ2) is 8.48. The van der Waals surface area contributed by atoms with E-state index in [9.17, 15) is 9.59 Å². The smallest absolute Gasteiger partial charge is 0.238 e. The first-order valence-corrected chi connectivity index (χ1v) is 9.15. The highest BCUT2D eigenvalue weighted by atomic mass is 16.2. The third-order valence-electron chi connectivity index (χ3n) is 4.74. The van der Waals surface area contributed by atoms with Gasteiger partial charge in [0.15, 0.2) is 0 Å². The molecule has 0 saturated heterocycles. The van der Waals surface area contributed by atoms with Crippen LogP contribution in [0.25, 0.3) is 0 Å². The number of hydrogen-bond acceptors (Lipinski definition) is 3. The van der Waals surface area contributed by atoms with Gasteiger partial charge in [0.05, 0.1) is 0 Å². The quantitative estimate of drug-likeness (QED) is 0.552. The first kappa shape index (κ1) is 19.4. The Morgan fingerprint density at radius 1 is 1.16 bits per heavy atom. The molecule has 2 rings (SSSR count). The molecule has 0 unspecified atom stereocenters. The van der Waals surface area contributed by atoms with Crippen molar-refractivity contribution >= 4 is 11.8 Å². The molecule has 5 nitrogen and oxygen atoms in total. The molecule has 1 aliphatic rings. The summed E-state index contributed by atoms with van der Waals surface area (Å²) < 4.78 is 0. The first-order chi connectivity index (χ1) is 11.9. The van der Waals surface area contributed by atoms with Gasteiger partial charge in [-0.15, -0.1) is 0 Å². The van der Waals surface area contributed by atoms with Crippen molar-refractivity contribution in [3.63, 3.8) is 0 Å². The van der Waals surface area contributed by atoms with E-state index in [4.69, 9.17) is 0 Å². The summed E-state index contributed by atoms with van der Waals surface area (Å²) in [6.07, 6.45) is 2.20. The summed E-state index contributed by atoms with van der Waals surface area (Å²) in [5.74, 6) is -0.133. The van der Waals surface area contributed by atoms with E-state index < -0.39 is 5.41 Å². The van der Waals surface area contributed by atoms with Gasteiger partial charge in [-0.3, -0.25) is 9.59 Å². The van der Waals surface area contributed by atoms with E-state index in [0.29, 0.717) is 25.9 Å². The molecule has 1 N–H and O–H groups in total. The van der Waals surface area contributed by atoms with Crippen LogP contribution in [0, 0.1) is 5.41 Å². The van der Waals surface area contributed by atoms with Gasteiger partial charge in [-0.25, -0.2) is 0 Å². The van der Waals surface area contributed by atoms with Crippen molar-refractivity contribution in [3.05, 3.63) is 35.9 Å². The molecule has 5 heteroatoms. The second-order valence-corrected chi connectivity index (χ2v) is 7.51. The minimum atomic E-state index is -0.836. The van der Waals surface area contributed by atoms with Crippen molar-refractivity contribution in [1.82, 2.24) is 15.1 Å². The molecule has 138 valence electrons. The molecule has 25 heavy (non-hydrogen) atoms. The number of nitrogens with zero attached hydrogens (tertiary/aromatic N) is 2. The standard InChI is InChI=1S/C20H31N3O2/c1-16(2)23(15-17-9-6-5-7-10-17)19(25)20(11-12-20)18(24)21-13-8-14-22(3)4/h5-7,9-10,16H,8,11-15H2,1-4H3,(H,21,24). The van der Waals surface area contributed by atoms with E-state index >= 15 is 0 Å². The zero-order valence-corrected chi connectivity index (χ0v) is 15.9. The van der Waals surface area contributed by atoms with Gasteiger partial charge in [0, 0.05) is 19.1 Å². The van der Waals surface area contributed by atoms with Gasteiger partial charge in [-0.05, 0) is 59.3 Å². The minimum absolute atomic E-state index is 0.0311. The molecule has 1 fully saturated rings. The molecule has 0 aliphatic heterocycles. The lowest BCUT2D eigenvalue weighted by atomic mass is 10.0. The van der Waals surface area contributed by atoms with E-state index in [-0.39, 0.29) is 17.9 Å². The summed E-state index contributed by atoms with van der Waals surface area (Å²) >= 11 is 0. The number of carbonyl (C=O) groups excluding carboxylic acids is 2. The van der Waals surface area contributed by atoms with Crippen molar-refractivity contribution in [2.45, 2.75) is 45.7 Å². The number of rotatable bonds is 9. The zero-order chi connectivity index (χ0) is 18.4. The van der Waals surface area contributed by atoms with Crippen LogP contribution in [0.1, 0.15) is 38.7 Å². The maximum atomic E-state index is 13.1. The summed E-state index contributed by atoms with van der Waals surface area (Å²) in [4.78, 5) is 29.7. The Balaban J connectivity index is 1.98. The first-order valence-electron chi connectivity index (χ1n) is 9.15. The van der Waals surface area contributed by atoms with Gasteiger partial charge in [-0.1, -0.05) is 30.3 Å². The highest BCUT2D eigenvalue weighted by Gasteiger charge is 2.58. The Bertz CT molecular complexity index is 580. The monoisotopic (exact) mass is 345 g/mol. The molecule has 2 amide bonds. The largest absolute Gasteiger partial charge is 0.355 e. The molecule has 1 aliphatic carbocycles. The molecule has 0 atom stereocenters. The van der Waals surface area contributed by atoms with E-state index in [1.807, 2.05) is 63.2 Å². The fourth-order valence-corrected chi connectivity index (χ4v) is 2.97. The summed E-state index contributed by atoms with van der Waals surface area (Å²) in [6.45, 7) is 6.10. The molecular weight excluding hydrogens is 314 g/mol. The highest BCUT2D eigenvalue weighted by Crippen LogP contribution is 2.48. The second-order valence-electron chi connectivity index (χ2n) is 7.51. The van der Waals surface area contributed by atoms with Crippen LogP contribution in [-0.4, -0.2) is 54.8 Å². The molecule has 0 radical (unpaired) electrons. The lowest BCUT2D eigenvalue weighted by molar-refractivity contribution is -0.146. The van der Waals surface area contributed by atoms with Gasteiger partial charge in [0.2, 0.25) is 11.8 Å². The van der Waals surface area contributed by atoms with Crippen LogP contribution in [0.15, 0.2) is 30.3 Å². The summed E-state index contributed by atoms with van der Waals surface area (Å²) in [7, 11) is 4.02. The maximum absolute atomic E-state index is 13.1. The fourth-order valence-electron chi connectivity index (χ4n) is 2.97. The molecule has 1 aromatic rings. The van der Waals surface area contributed by atoms with Crippen molar-refractivity contribution in [3.8, 4) is 0 Å². The normalized spacial score (nSPS) is 15.3. The van der Waals surface area contributed by atoms with Crippen LogP contribution in [0.4, 0.5) is 0 Å². The molecule has 1 saturated carbocycles. The topological polar surface area (TPSA) is 52.7 Å². The van der Waals surface area contributed by atoms with Crippen molar-refractivity contribution in [1.29, 1.82) is 0 Å². The van der Waals surface area contributed by atoms with Crippen molar-refractivity contribution < 1.29 is 9.59 Å². The summed E-state index contributed by atoms with van der Waals surface area (Å²) in [5.41, 5.74) is 0.253. The van der Waals surface area contributed by atoms with Gasteiger partial charge >= 0.3 is 0 Å². The Morgan fingerprint density at radius 2 is 1.80 bits per heavy atom. The number of benzene rings is 1. The number of hydrogen-bond donors (Lipinski definition) is 1. The lowest BCUT2D eigenvalue weighted by Crippen LogP contribution is -2.47. The van der Waals surface area contributed by atoms with Crippen LogP contribution in [0.5, 0.6) is 0 Å². The molecule has 0 bridgehead atoms. The summed E-state index contributed by atoms with van der Waals surface area (Å²) in [6, 6.07) is 10.0. The Hall–Kier alpha value is -1.88. The third-order valence-corrected chi connectivity index (χ3v) is 4.74. The lowest BCUT2D eigenvalue weighted by Gasteiger charge is -2.30. The molecule has 0 heterocycles. The predicted molar refractivity (Wildman–Crippen MR) is 100.0 cm³/mol. The zero-order valence-electron chi connectivity index (χ0n) is 15.9. The van der Waals surface area contributed by atoms with E-state index in [2.05, 4.69) is 10.2 Å². The maximum Gasteiger partial charge on any atom is 0.238 e. The molecular formula is C20H31N3O2. The molecule has 0 spiro atoms. The third kappa shape index (κ3) is 5.05. The number of amides is 2. The predicted octanol–water partition coefficient (Wildman–Crippen LogP) is 2.27. The van der Waals surface area contributed by atoms with Crippen LogP contribution in [0.3, 0.4) is 0 Å². The van der Waals surface area contributed by atoms with E-state index in [1.165, 1.54) is 0 Å². The number of carbonyl (C=O) groups is 2. The number of nitrogens with one attached hydrogen (secondary N) is 1. The van der Waals surface area contributed by atoms with E-state index in [0.717, 1.165) is 18.5 Å². The Morgan fingerprint density at radius 3 is 2.32 bits per heavy atom. The minimum Gasteiger partial charge on any atom is -0.355 e. The van der Waals surface area contributed by atoms with Gasteiger partial charge in [0.25, 0.3) is 0 Å². The average molecular weight is 345 g/mol. The van der Waals surface area contributed by atoms with Crippen molar-refractivity contribution in [2.75, 3.05) is 27.2 Å². The van der Waals surface area contributed by atoms with Crippen LogP contribution in [0.2, 0.25) is 0 Å². The molecule has 0 aromatic heterocycles.